The molecule has 3 rings (SSSR count). The van der Waals surface area contributed by atoms with Gasteiger partial charge in [0.2, 0.25) is 0 Å². The van der Waals surface area contributed by atoms with Gasteiger partial charge in [-0.25, -0.2) is 9.97 Å². The number of alkyl halides is 1. The van der Waals surface area contributed by atoms with Crippen molar-refractivity contribution in [3.8, 4) is 0 Å². The van der Waals surface area contributed by atoms with E-state index in [0.717, 1.165) is 35.5 Å². The Morgan fingerprint density at radius 1 is 1.29 bits per heavy atom. The smallest absolute Gasteiger partial charge is 0.160 e. The maximum atomic E-state index is 6.30. The number of hydrogen-bond donors (Lipinski definition) is 0. The summed E-state index contributed by atoms with van der Waals surface area (Å²) in [5.74, 6) is 0.871. The van der Waals surface area contributed by atoms with Gasteiger partial charge in [0.1, 0.15) is 11.3 Å². The molecule has 0 aromatic carbocycles. The molecule has 0 aliphatic carbocycles. The quantitative estimate of drug-likeness (QED) is 0.696. The Hall–Kier alpha value is -1.88. The Morgan fingerprint density at radius 2 is 2.10 bits per heavy atom. The lowest BCUT2D eigenvalue weighted by atomic mass is 10.2. The van der Waals surface area contributed by atoms with Crippen molar-refractivity contribution in [3.63, 3.8) is 0 Å². The van der Waals surface area contributed by atoms with Crippen molar-refractivity contribution in [1.29, 1.82) is 0 Å². The molecule has 3 aromatic heterocycles. The molecule has 1 unspecified atom stereocenters. The van der Waals surface area contributed by atoms with Crippen molar-refractivity contribution in [2.24, 2.45) is 7.05 Å². The molecule has 0 radical (unpaired) electrons. The predicted molar refractivity (Wildman–Crippen MR) is 83.4 cm³/mol. The normalized spacial score (nSPS) is 13.0. The number of aryl methyl sites for hydroxylation is 4. The molecule has 5 nitrogen and oxygen atoms in total. The van der Waals surface area contributed by atoms with E-state index in [1.807, 2.05) is 50.1 Å². The molecule has 0 saturated carbocycles. The number of imidazole rings is 1. The van der Waals surface area contributed by atoms with E-state index in [1.54, 1.807) is 0 Å². The molecule has 0 spiro atoms. The number of hydrogen-bond acceptors (Lipinski definition) is 3. The van der Waals surface area contributed by atoms with E-state index in [0.29, 0.717) is 0 Å². The monoisotopic (exact) mass is 303 g/mol. The van der Waals surface area contributed by atoms with E-state index in [1.165, 1.54) is 5.69 Å². The van der Waals surface area contributed by atoms with Gasteiger partial charge in [0.15, 0.2) is 5.65 Å². The number of rotatable bonds is 4. The summed E-state index contributed by atoms with van der Waals surface area (Å²) >= 11 is 6.30. The van der Waals surface area contributed by atoms with E-state index >= 15 is 0 Å². The van der Waals surface area contributed by atoms with Gasteiger partial charge in [-0.15, -0.1) is 11.6 Å². The minimum absolute atomic E-state index is 0.148. The van der Waals surface area contributed by atoms with Crippen molar-refractivity contribution in [1.82, 2.24) is 24.3 Å². The van der Waals surface area contributed by atoms with Crippen LogP contribution >= 0.6 is 11.6 Å². The van der Waals surface area contributed by atoms with Gasteiger partial charge >= 0.3 is 0 Å². The lowest BCUT2D eigenvalue weighted by Crippen LogP contribution is -2.09. The molecular formula is C15H18ClN5. The number of nitrogens with zero attached hydrogens (tertiary/aromatic N) is 5. The zero-order valence-electron chi connectivity index (χ0n) is 12.4. The zero-order chi connectivity index (χ0) is 15.0. The first-order valence-corrected chi connectivity index (χ1v) is 7.44. The molecule has 0 fully saturated rings. The lowest BCUT2D eigenvalue weighted by molar-refractivity contribution is 0.621. The Morgan fingerprint density at radius 3 is 2.76 bits per heavy atom. The van der Waals surface area contributed by atoms with Crippen LogP contribution < -0.4 is 0 Å². The largest absolute Gasteiger partial charge is 0.311 e. The highest BCUT2D eigenvalue weighted by Crippen LogP contribution is 2.25. The van der Waals surface area contributed by atoms with Crippen LogP contribution in [0.3, 0.4) is 0 Å². The van der Waals surface area contributed by atoms with Crippen molar-refractivity contribution >= 4 is 22.8 Å². The number of aromatic nitrogens is 5. The molecule has 1 atom stereocenters. The lowest BCUT2D eigenvalue weighted by Gasteiger charge is -2.10. The summed E-state index contributed by atoms with van der Waals surface area (Å²) in [4.78, 5) is 9.17. The van der Waals surface area contributed by atoms with Gasteiger partial charge in [-0.3, -0.25) is 4.68 Å². The Labute approximate surface area is 128 Å². The second-order valence-electron chi connectivity index (χ2n) is 5.23. The van der Waals surface area contributed by atoms with E-state index in [9.17, 15) is 0 Å². The van der Waals surface area contributed by atoms with Gasteiger partial charge in [-0.1, -0.05) is 0 Å². The third kappa shape index (κ3) is 2.53. The summed E-state index contributed by atoms with van der Waals surface area (Å²) in [6, 6.07) is 4.01. The van der Waals surface area contributed by atoms with Crippen LogP contribution in [0.4, 0.5) is 0 Å². The van der Waals surface area contributed by atoms with E-state index < -0.39 is 0 Å². The van der Waals surface area contributed by atoms with Crippen LogP contribution in [0.25, 0.3) is 11.2 Å². The first kappa shape index (κ1) is 14.1. The van der Waals surface area contributed by atoms with E-state index in [4.69, 9.17) is 11.6 Å². The molecule has 0 N–H and O–H groups in total. The Bertz CT molecular complexity index is 772. The SMILES string of the molecule is Cc1ccnc2c1nc(C(C)Cl)n2CCc1ccnn1C. The van der Waals surface area contributed by atoms with Crippen LogP contribution in [0, 0.1) is 6.92 Å². The van der Waals surface area contributed by atoms with Gasteiger partial charge in [-0.05, 0) is 31.5 Å². The van der Waals surface area contributed by atoms with Crippen LogP contribution in [-0.4, -0.2) is 24.3 Å². The molecule has 3 aromatic rings. The van der Waals surface area contributed by atoms with Crippen LogP contribution in [0.2, 0.25) is 0 Å². The Kier molecular flexibility index (Phi) is 3.68. The fourth-order valence-corrected chi connectivity index (χ4v) is 2.72. The van der Waals surface area contributed by atoms with Crippen LogP contribution in [0.15, 0.2) is 24.5 Å². The first-order chi connectivity index (χ1) is 10.1. The average Bonchev–Trinajstić information content (AvgIpc) is 3.01. The Balaban J connectivity index is 2.01. The fourth-order valence-electron chi connectivity index (χ4n) is 2.55. The summed E-state index contributed by atoms with van der Waals surface area (Å²) < 4.78 is 4.01. The maximum absolute atomic E-state index is 6.30. The molecular weight excluding hydrogens is 286 g/mol. The van der Waals surface area contributed by atoms with E-state index in [2.05, 4.69) is 19.6 Å². The van der Waals surface area contributed by atoms with E-state index in [-0.39, 0.29) is 5.38 Å². The minimum Gasteiger partial charge on any atom is -0.311 e. The molecule has 21 heavy (non-hydrogen) atoms. The summed E-state index contributed by atoms with van der Waals surface area (Å²) in [6.07, 6.45) is 4.51. The van der Waals surface area contributed by atoms with Gasteiger partial charge < -0.3 is 4.57 Å². The van der Waals surface area contributed by atoms with Crippen LogP contribution in [0.5, 0.6) is 0 Å². The highest BCUT2D eigenvalue weighted by Gasteiger charge is 2.17. The molecule has 0 amide bonds. The average molecular weight is 304 g/mol. The second-order valence-corrected chi connectivity index (χ2v) is 5.89. The highest BCUT2D eigenvalue weighted by molar-refractivity contribution is 6.20. The summed E-state index contributed by atoms with van der Waals surface area (Å²) in [5, 5.41) is 4.05. The third-order valence-corrected chi connectivity index (χ3v) is 3.93. The summed E-state index contributed by atoms with van der Waals surface area (Å²) in [7, 11) is 1.95. The van der Waals surface area contributed by atoms with Gasteiger partial charge in [0.25, 0.3) is 0 Å². The second kappa shape index (κ2) is 5.48. The van der Waals surface area contributed by atoms with Crippen molar-refractivity contribution in [2.75, 3.05) is 0 Å². The topological polar surface area (TPSA) is 48.5 Å². The number of pyridine rings is 1. The number of halogens is 1. The molecule has 0 aliphatic heterocycles. The first-order valence-electron chi connectivity index (χ1n) is 7.00. The van der Waals surface area contributed by atoms with Gasteiger partial charge in [0.05, 0.1) is 5.38 Å². The molecule has 3 heterocycles. The van der Waals surface area contributed by atoms with Crippen molar-refractivity contribution in [3.05, 3.63) is 41.6 Å². The minimum atomic E-state index is -0.148. The van der Waals surface area contributed by atoms with Gasteiger partial charge in [0, 0.05) is 38.1 Å². The molecule has 0 saturated heterocycles. The molecule has 0 aliphatic rings. The highest BCUT2D eigenvalue weighted by atomic mass is 35.5. The predicted octanol–water partition coefficient (Wildman–Crippen LogP) is 3.02. The van der Waals surface area contributed by atoms with Crippen LogP contribution in [-0.2, 0) is 20.0 Å². The molecule has 6 heteroatoms. The maximum Gasteiger partial charge on any atom is 0.160 e. The van der Waals surface area contributed by atoms with Crippen molar-refractivity contribution in [2.45, 2.75) is 32.2 Å². The van der Waals surface area contributed by atoms with Gasteiger partial charge in [-0.2, -0.15) is 5.10 Å². The standard InChI is InChI=1S/C15H18ClN5/c1-10-4-7-17-15-13(10)19-14(11(2)16)21(15)9-6-12-5-8-18-20(12)3/h4-5,7-8,11H,6,9H2,1-3H3. The van der Waals surface area contributed by atoms with Crippen molar-refractivity contribution < 1.29 is 0 Å². The third-order valence-electron chi connectivity index (χ3n) is 3.74. The molecule has 110 valence electrons. The summed E-state index contributed by atoms with van der Waals surface area (Å²) in [6.45, 7) is 4.78. The van der Waals surface area contributed by atoms with Crippen LogP contribution in [0.1, 0.15) is 29.4 Å². The zero-order valence-corrected chi connectivity index (χ0v) is 13.2. The fraction of sp³-hybridized carbons (Fsp3) is 0.400. The summed E-state index contributed by atoms with van der Waals surface area (Å²) in [5.41, 5.74) is 4.14. The number of fused-ring (bicyclic) bond motifs is 1. The molecule has 0 bridgehead atoms.